The van der Waals surface area contributed by atoms with E-state index in [0.717, 1.165) is 34.7 Å². The maximum atomic E-state index is 12.7. The van der Waals surface area contributed by atoms with Gasteiger partial charge in [-0.05, 0) is 24.4 Å². The zero-order chi connectivity index (χ0) is 19.3. The van der Waals surface area contributed by atoms with E-state index in [-0.39, 0.29) is 11.7 Å². The van der Waals surface area contributed by atoms with Gasteiger partial charge in [-0.1, -0.05) is 24.3 Å². The van der Waals surface area contributed by atoms with E-state index in [1.54, 1.807) is 23.0 Å². The number of rotatable bonds is 3. The first-order chi connectivity index (χ1) is 13.7. The lowest BCUT2D eigenvalue weighted by Gasteiger charge is -2.21. The topological polar surface area (TPSA) is 69.4 Å². The van der Waals surface area contributed by atoms with Gasteiger partial charge in [0.2, 0.25) is 0 Å². The van der Waals surface area contributed by atoms with Crippen LogP contribution in [0.5, 0.6) is 5.75 Å². The van der Waals surface area contributed by atoms with Crippen molar-refractivity contribution in [3.63, 3.8) is 0 Å². The molecular weight excluding hydrogens is 372 g/mol. The molecule has 4 aromatic rings. The zero-order valence-corrected chi connectivity index (χ0v) is 16.4. The number of aryl methyl sites for hydroxylation is 1. The van der Waals surface area contributed by atoms with Crippen LogP contribution in [0.25, 0.3) is 16.8 Å². The van der Waals surface area contributed by atoms with Crippen LogP contribution in [-0.4, -0.2) is 32.7 Å². The number of hydrogen-bond acceptors (Lipinski definition) is 6. The van der Waals surface area contributed by atoms with Crippen molar-refractivity contribution in [2.45, 2.75) is 25.7 Å². The molecule has 1 aromatic carbocycles. The fourth-order valence-corrected chi connectivity index (χ4v) is 4.80. The largest absolute Gasteiger partial charge is 0.496 e. The highest BCUT2D eigenvalue weighted by Crippen LogP contribution is 2.37. The summed E-state index contributed by atoms with van der Waals surface area (Å²) in [7, 11) is 1.65. The molecule has 0 N–H and O–H groups in total. The number of thiophene rings is 1. The molecule has 0 radical (unpaired) electrons. The fourth-order valence-electron chi connectivity index (χ4n) is 3.97. The molecule has 0 amide bonds. The summed E-state index contributed by atoms with van der Waals surface area (Å²) >= 11 is 1.69. The average molecular weight is 390 g/mol. The monoisotopic (exact) mass is 390 g/mol. The van der Waals surface area contributed by atoms with Gasteiger partial charge >= 0.3 is 0 Å². The van der Waals surface area contributed by atoms with Gasteiger partial charge in [0.25, 0.3) is 0 Å². The molecule has 5 rings (SSSR count). The second-order valence-electron chi connectivity index (χ2n) is 6.94. The molecule has 3 aromatic heterocycles. The summed E-state index contributed by atoms with van der Waals surface area (Å²) in [5, 5.41) is 15.5. The molecule has 0 bridgehead atoms. The number of carbonyl (C=O) groups is 1. The number of ether oxygens (including phenoxy) is 1. The second-order valence-corrected chi connectivity index (χ2v) is 7.91. The highest BCUT2D eigenvalue weighted by Gasteiger charge is 2.32. The first-order valence-electron chi connectivity index (χ1n) is 9.12. The van der Waals surface area contributed by atoms with Gasteiger partial charge in [0.15, 0.2) is 17.1 Å². The Hall–Kier alpha value is -3.06. The van der Waals surface area contributed by atoms with E-state index >= 15 is 0 Å². The summed E-state index contributed by atoms with van der Waals surface area (Å²) in [6, 6.07) is 11.9. The third kappa shape index (κ3) is 2.54. The molecule has 7 heteroatoms. The predicted octanol–water partition coefficient (Wildman–Crippen LogP) is 4.08. The standard InChI is InChI=1S/C21H18N4O2S/c1-12-19(14-6-3-4-7-17(14)27-2)21-23-22-20-15(25(21)24-12)10-13(11-16(20)26)18-8-5-9-28-18/h3-9,13H,10-11H2,1-2H3. The van der Waals surface area contributed by atoms with Crippen molar-refractivity contribution in [1.82, 2.24) is 19.8 Å². The zero-order valence-electron chi connectivity index (χ0n) is 15.5. The molecule has 6 nitrogen and oxygen atoms in total. The first-order valence-corrected chi connectivity index (χ1v) is 10.00. The minimum atomic E-state index is 0.0287. The van der Waals surface area contributed by atoms with Gasteiger partial charge in [0.1, 0.15) is 5.75 Å². The molecule has 3 heterocycles. The van der Waals surface area contributed by atoms with Crippen molar-refractivity contribution in [3.8, 4) is 16.9 Å². The maximum absolute atomic E-state index is 12.7. The molecule has 0 aliphatic heterocycles. The average Bonchev–Trinajstić information content (AvgIpc) is 3.35. The molecule has 1 aliphatic carbocycles. The van der Waals surface area contributed by atoms with Crippen molar-refractivity contribution >= 4 is 22.8 Å². The Morgan fingerprint density at radius 1 is 1.14 bits per heavy atom. The Labute approximate surface area is 165 Å². The quantitative estimate of drug-likeness (QED) is 0.527. The number of ketones is 1. The van der Waals surface area contributed by atoms with Crippen LogP contribution in [0.2, 0.25) is 0 Å². The van der Waals surface area contributed by atoms with E-state index < -0.39 is 0 Å². The molecule has 0 saturated carbocycles. The second kappa shape index (κ2) is 6.53. The molecule has 0 fully saturated rings. The SMILES string of the molecule is COc1ccccc1-c1c(C)nn2c3c(nnc12)C(=O)CC(c1cccs1)C3. The minimum Gasteiger partial charge on any atom is -0.496 e. The molecule has 1 aliphatic rings. The van der Waals surface area contributed by atoms with Gasteiger partial charge < -0.3 is 4.74 Å². The molecule has 0 saturated heterocycles. The van der Waals surface area contributed by atoms with Crippen molar-refractivity contribution in [3.05, 3.63) is 63.7 Å². The Kier molecular flexibility index (Phi) is 3.98. The summed E-state index contributed by atoms with van der Waals surface area (Å²) in [5.41, 5.74) is 4.57. The summed E-state index contributed by atoms with van der Waals surface area (Å²) in [6.07, 6.45) is 1.19. The number of para-hydroxylation sites is 1. The van der Waals surface area contributed by atoms with Crippen LogP contribution < -0.4 is 4.74 Å². The number of hydrogen-bond donors (Lipinski definition) is 0. The van der Waals surface area contributed by atoms with Crippen LogP contribution in [0, 0.1) is 6.92 Å². The van der Waals surface area contributed by atoms with Crippen LogP contribution in [0.1, 0.15) is 39.1 Å². The molecule has 1 atom stereocenters. The lowest BCUT2D eigenvalue weighted by atomic mass is 9.87. The molecule has 140 valence electrons. The lowest BCUT2D eigenvalue weighted by molar-refractivity contribution is 0.0956. The first kappa shape index (κ1) is 17.1. The Morgan fingerprint density at radius 3 is 2.79 bits per heavy atom. The van der Waals surface area contributed by atoms with Crippen LogP contribution >= 0.6 is 11.3 Å². The van der Waals surface area contributed by atoms with Gasteiger partial charge in [-0.15, -0.1) is 21.5 Å². The maximum Gasteiger partial charge on any atom is 0.185 e. The van der Waals surface area contributed by atoms with Crippen molar-refractivity contribution < 1.29 is 9.53 Å². The van der Waals surface area contributed by atoms with Gasteiger partial charge in [-0.2, -0.15) is 5.10 Å². The van der Waals surface area contributed by atoms with E-state index in [1.807, 2.05) is 42.6 Å². The Morgan fingerprint density at radius 2 is 2.00 bits per heavy atom. The van der Waals surface area contributed by atoms with Gasteiger partial charge in [-0.3, -0.25) is 4.79 Å². The Bertz CT molecular complexity index is 1200. The number of fused-ring (bicyclic) bond motifs is 3. The summed E-state index contributed by atoms with van der Waals surface area (Å²) < 4.78 is 7.33. The summed E-state index contributed by atoms with van der Waals surface area (Å²) in [6.45, 7) is 1.95. The predicted molar refractivity (Wildman–Crippen MR) is 107 cm³/mol. The normalized spacial score (nSPS) is 16.4. The van der Waals surface area contributed by atoms with Crippen molar-refractivity contribution in [2.24, 2.45) is 0 Å². The van der Waals surface area contributed by atoms with Crippen molar-refractivity contribution in [1.29, 1.82) is 0 Å². The number of aromatic nitrogens is 4. The number of carbonyl (C=O) groups excluding carboxylic acids is 1. The van der Waals surface area contributed by atoms with Crippen molar-refractivity contribution in [2.75, 3.05) is 7.11 Å². The fraction of sp³-hybridized carbons (Fsp3) is 0.238. The minimum absolute atomic E-state index is 0.0287. The van der Waals surface area contributed by atoms with E-state index in [4.69, 9.17) is 9.84 Å². The van der Waals surface area contributed by atoms with Gasteiger partial charge in [-0.25, -0.2) is 4.52 Å². The Balaban J connectivity index is 1.71. The molecular formula is C21H18N4O2S. The van der Waals surface area contributed by atoms with E-state index in [0.29, 0.717) is 17.8 Å². The van der Waals surface area contributed by atoms with E-state index in [1.165, 1.54) is 4.88 Å². The van der Waals surface area contributed by atoms with Crippen LogP contribution in [0.4, 0.5) is 0 Å². The summed E-state index contributed by atoms with van der Waals surface area (Å²) in [5.74, 6) is 0.945. The van der Waals surface area contributed by atoms with Gasteiger partial charge in [0.05, 0.1) is 24.1 Å². The van der Waals surface area contributed by atoms with Gasteiger partial charge in [0, 0.05) is 29.2 Å². The molecule has 1 unspecified atom stereocenters. The van der Waals surface area contributed by atoms with E-state index in [9.17, 15) is 4.79 Å². The van der Waals surface area contributed by atoms with Crippen LogP contribution in [0.15, 0.2) is 41.8 Å². The smallest absolute Gasteiger partial charge is 0.185 e. The number of Topliss-reactive ketones (excluding diaryl/α,β-unsaturated/α-hetero) is 1. The third-order valence-electron chi connectivity index (χ3n) is 5.27. The van der Waals surface area contributed by atoms with Crippen LogP contribution in [0.3, 0.4) is 0 Å². The molecule has 0 spiro atoms. The molecule has 28 heavy (non-hydrogen) atoms. The highest BCUT2D eigenvalue weighted by molar-refractivity contribution is 7.10. The van der Waals surface area contributed by atoms with E-state index in [2.05, 4.69) is 16.3 Å². The number of benzene rings is 1. The van der Waals surface area contributed by atoms with Crippen LogP contribution in [-0.2, 0) is 6.42 Å². The highest BCUT2D eigenvalue weighted by atomic mass is 32.1. The number of methoxy groups -OCH3 is 1. The third-order valence-corrected chi connectivity index (χ3v) is 6.30. The summed E-state index contributed by atoms with van der Waals surface area (Å²) in [4.78, 5) is 14.0. The lowest BCUT2D eigenvalue weighted by Crippen LogP contribution is -2.23. The number of nitrogens with zero attached hydrogens (tertiary/aromatic N) is 4.